The molecule has 0 aliphatic heterocycles. The molecule has 2 unspecified atom stereocenters. The lowest BCUT2D eigenvalue weighted by Crippen LogP contribution is -2.35. The SMILES string of the molecule is CC(CCN)CC(C)CNC(=O)OC(C)(C)C. The van der Waals surface area contributed by atoms with E-state index in [0.717, 1.165) is 19.4 Å². The number of amides is 1. The number of nitrogens with one attached hydrogen (secondary N) is 1. The molecule has 0 aromatic carbocycles. The summed E-state index contributed by atoms with van der Waals surface area (Å²) >= 11 is 0. The van der Waals surface area contributed by atoms with Crippen LogP contribution < -0.4 is 11.1 Å². The first-order valence-corrected chi connectivity index (χ1v) is 6.41. The molecule has 0 bridgehead atoms. The van der Waals surface area contributed by atoms with Crippen LogP contribution in [-0.4, -0.2) is 24.8 Å². The molecule has 102 valence electrons. The smallest absolute Gasteiger partial charge is 0.407 e. The van der Waals surface area contributed by atoms with Crippen molar-refractivity contribution in [2.24, 2.45) is 17.6 Å². The molecule has 0 radical (unpaired) electrons. The van der Waals surface area contributed by atoms with E-state index in [-0.39, 0.29) is 6.09 Å². The Morgan fingerprint density at radius 3 is 2.35 bits per heavy atom. The average molecular weight is 244 g/mol. The molecule has 0 aromatic heterocycles. The van der Waals surface area contributed by atoms with Crippen LogP contribution in [0.4, 0.5) is 4.79 Å². The maximum absolute atomic E-state index is 11.4. The minimum atomic E-state index is -0.430. The van der Waals surface area contributed by atoms with Gasteiger partial charge in [-0.25, -0.2) is 4.79 Å². The molecule has 2 atom stereocenters. The van der Waals surface area contributed by atoms with Crippen molar-refractivity contribution in [1.29, 1.82) is 0 Å². The minimum absolute atomic E-state index is 0.337. The fourth-order valence-corrected chi connectivity index (χ4v) is 1.74. The molecule has 0 spiro atoms. The van der Waals surface area contributed by atoms with E-state index < -0.39 is 5.60 Å². The van der Waals surface area contributed by atoms with Gasteiger partial charge in [-0.2, -0.15) is 0 Å². The van der Waals surface area contributed by atoms with Gasteiger partial charge in [-0.1, -0.05) is 13.8 Å². The predicted molar refractivity (Wildman–Crippen MR) is 70.9 cm³/mol. The minimum Gasteiger partial charge on any atom is -0.444 e. The first-order chi connectivity index (χ1) is 7.74. The van der Waals surface area contributed by atoms with Gasteiger partial charge in [0, 0.05) is 6.54 Å². The van der Waals surface area contributed by atoms with Gasteiger partial charge in [-0.3, -0.25) is 0 Å². The van der Waals surface area contributed by atoms with E-state index in [0.29, 0.717) is 18.4 Å². The van der Waals surface area contributed by atoms with Crippen LogP contribution in [0.15, 0.2) is 0 Å². The Labute approximate surface area is 105 Å². The summed E-state index contributed by atoms with van der Waals surface area (Å²) in [5.74, 6) is 1.06. The number of carbonyl (C=O) groups is 1. The number of rotatable bonds is 6. The first kappa shape index (κ1) is 16.2. The number of hydrogen-bond donors (Lipinski definition) is 2. The van der Waals surface area contributed by atoms with Gasteiger partial charge in [0.2, 0.25) is 0 Å². The zero-order valence-electron chi connectivity index (χ0n) is 11.9. The fraction of sp³-hybridized carbons (Fsp3) is 0.923. The van der Waals surface area contributed by atoms with Crippen molar-refractivity contribution in [2.45, 2.75) is 53.1 Å². The Morgan fingerprint density at radius 2 is 1.88 bits per heavy atom. The molecule has 0 fully saturated rings. The summed E-state index contributed by atoms with van der Waals surface area (Å²) in [6.07, 6.45) is 1.78. The molecule has 3 N–H and O–H groups in total. The maximum atomic E-state index is 11.4. The van der Waals surface area contributed by atoms with Gasteiger partial charge >= 0.3 is 6.09 Å². The lowest BCUT2D eigenvalue weighted by atomic mass is 9.95. The van der Waals surface area contributed by atoms with Crippen LogP contribution in [0.1, 0.15) is 47.5 Å². The van der Waals surface area contributed by atoms with E-state index >= 15 is 0 Å². The molecular formula is C13H28N2O2. The summed E-state index contributed by atoms with van der Waals surface area (Å²) in [5, 5.41) is 2.79. The molecule has 0 rings (SSSR count). The highest BCUT2D eigenvalue weighted by molar-refractivity contribution is 5.67. The van der Waals surface area contributed by atoms with E-state index in [4.69, 9.17) is 10.5 Å². The highest BCUT2D eigenvalue weighted by Gasteiger charge is 2.16. The molecule has 0 aliphatic carbocycles. The summed E-state index contributed by atoms with van der Waals surface area (Å²) in [6.45, 7) is 11.3. The van der Waals surface area contributed by atoms with Crippen LogP contribution in [0.5, 0.6) is 0 Å². The van der Waals surface area contributed by atoms with Crippen LogP contribution in [-0.2, 0) is 4.74 Å². The summed E-state index contributed by atoms with van der Waals surface area (Å²) in [7, 11) is 0. The average Bonchev–Trinajstić information content (AvgIpc) is 2.12. The van der Waals surface area contributed by atoms with Crippen LogP contribution in [0.2, 0.25) is 0 Å². The Balaban J connectivity index is 3.76. The van der Waals surface area contributed by atoms with Gasteiger partial charge in [0.25, 0.3) is 0 Å². The topological polar surface area (TPSA) is 64.3 Å². The Morgan fingerprint density at radius 1 is 1.29 bits per heavy atom. The van der Waals surface area contributed by atoms with Crippen LogP contribution >= 0.6 is 0 Å². The highest BCUT2D eigenvalue weighted by Crippen LogP contribution is 2.14. The van der Waals surface area contributed by atoms with Crippen molar-refractivity contribution in [3.63, 3.8) is 0 Å². The van der Waals surface area contributed by atoms with Gasteiger partial charge in [-0.15, -0.1) is 0 Å². The zero-order valence-corrected chi connectivity index (χ0v) is 11.9. The molecule has 0 saturated carbocycles. The summed E-state index contributed by atoms with van der Waals surface area (Å²) in [5.41, 5.74) is 5.08. The quantitative estimate of drug-likeness (QED) is 0.754. The lowest BCUT2D eigenvalue weighted by molar-refractivity contribution is 0.0518. The van der Waals surface area contributed by atoms with E-state index in [2.05, 4.69) is 19.2 Å². The van der Waals surface area contributed by atoms with E-state index in [1.807, 2.05) is 20.8 Å². The molecule has 4 nitrogen and oxygen atoms in total. The van der Waals surface area contributed by atoms with E-state index in [1.165, 1.54) is 0 Å². The fourth-order valence-electron chi connectivity index (χ4n) is 1.74. The summed E-state index contributed by atoms with van der Waals surface area (Å²) < 4.78 is 5.17. The van der Waals surface area contributed by atoms with Crippen molar-refractivity contribution >= 4 is 6.09 Å². The molecule has 0 heterocycles. The van der Waals surface area contributed by atoms with Crippen molar-refractivity contribution in [3.05, 3.63) is 0 Å². The Bertz CT molecular complexity index is 224. The third-order valence-corrected chi connectivity index (χ3v) is 2.46. The third kappa shape index (κ3) is 10.1. The van der Waals surface area contributed by atoms with Gasteiger partial charge in [-0.05, 0) is 52.0 Å². The standard InChI is InChI=1S/C13H28N2O2/c1-10(6-7-14)8-11(2)9-15-12(16)17-13(3,4)5/h10-11H,6-9,14H2,1-5H3,(H,15,16). The van der Waals surface area contributed by atoms with Gasteiger partial charge in [0.1, 0.15) is 5.60 Å². The number of alkyl carbamates (subject to hydrolysis) is 1. The van der Waals surface area contributed by atoms with Crippen molar-refractivity contribution in [2.75, 3.05) is 13.1 Å². The molecule has 4 heteroatoms. The van der Waals surface area contributed by atoms with Crippen molar-refractivity contribution in [1.82, 2.24) is 5.32 Å². The second kappa shape index (κ2) is 7.54. The molecule has 17 heavy (non-hydrogen) atoms. The second-order valence-corrected chi connectivity index (χ2v) is 5.91. The van der Waals surface area contributed by atoms with Crippen molar-refractivity contribution in [3.8, 4) is 0 Å². The predicted octanol–water partition coefficient (Wildman–Crippen LogP) is 2.52. The van der Waals surface area contributed by atoms with Crippen molar-refractivity contribution < 1.29 is 9.53 Å². The van der Waals surface area contributed by atoms with Crippen LogP contribution in [0.3, 0.4) is 0 Å². The molecular weight excluding hydrogens is 216 g/mol. The Kier molecular flexibility index (Phi) is 7.19. The summed E-state index contributed by atoms with van der Waals surface area (Å²) in [4.78, 5) is 11.4. The molecule has 0 aromatic rings. The van der Waals surface area contributed by atoms with Gasteiger partial charge in [0.05, 0.1) is 0 Å². The Hall–Kier alpha value is -0.770. The van der Waals surface area contributed by atoms with E-state index in [1.54, 1.807) is 0 Å². The number of hydrogen-bond acceptors (Lipinski definition) is 3. The monoisotopic (exact) mass is 244 g/mol. The van der Waals surface area contributed by atoms with Gasteiger partial charge < -0.3 is 15.8 Å². The lowest BCUT2D eigenvalue weighted by Gasteiger charge is -2.21. The second-order valence-electron chi connectivity index (χ2n) is 5.91. The largest absolute Gasteiger partial charge is 0.444 e. The molecule has 1 amide bonds. The zero-order chi connectivity index (χ0) is 13.5. The molecule has 0 aliphatic rings. The van der Waals surface area contributed by atoms with E-state index in [9.17, 15) is 4.79 Å². The normalized spacial score (nSPS) is 15.2. The van der Waals surface area contributed by atoms with Gasteiger partial charge in [0.15, 0.2) is 0 Å². The molecule has 0 saturated heterocycles. The third-order valence-electron chi connectivity index (χ3n) is 2.46. The maximum Gasteiger partial charge on any atom is 0.407 e. The highest BCUT2D eigenvalue weighted by atomic mass is 16.6. The number of nitrogens with two attached hydrogens (primary N) is 1. The number of carbonyl (C=O) groups excluding carboxylic acids is 1. The summed E-state index contributed by atoms with van der Waals surface area (Å²) in [6, 6.07) is 0. The first-order valence-electron chi connectivity index (χ1n) is 6.41. The number of ether oxygens (including phenoxy) is 1. The van der Waals surface area contributed by atoms with Crippen LogP contribution in [0.25, 0.3) is 0 Å². The van der Waals surface area contributed by atoms with Crippen LogP contribution in [0, 0.1) is 11.8 Å².